The molecule has 0 amide bonds. The fraction of sp³-hybridized carbons (Fsp3) is 0.611. The molecular formula is C18H26N6. The van der Waals surface area contributed by atoms with Crippen LogP contribution in [0.2, 0.25) is 0 Å². The molecule has 0 unspecified atom stereocenters. The molecule has 2 fully saturated rings. The quantitative estimate of drug-likeness (QED) is 0.844. The average molecular weight is 326 g/mol. The Labute approximate surface area is 143 Å². The summed E-state index contributed by atoms with van der Waals surface area (Å²) in [6, 6.07) is 3.34. The molecule has 0 radical (unpaired) electrons. The van der Waals surface area contributed by atoms with Gasteiger partial charge in [0.05, 0.1) is 6.54 Å². The third kappa shape index (κ3) is 3.29. The van der Waals surface area contributed by atoms with Crippen LogP contribution >= 0.6 is 0 Å². The number of aryl methyl sites for hydroxylation is 1. The van der Waals surface area contributed by atoms with Crippen LogP contribution in [0, 0.1) is 6.92 Å². The van der Waals surface area contributed by atoms with Gasteiger partial charge in [0.15, 0.2) is 0 Å². The molecule has 1 aliphatic heterocycles. The van der Waals surface area contributed by atoms with Crippen molar-refractivity contribution >= 4 is 5.82 Å². The van der Waals surface area contributed by atoms with Crippen LogP contribution in [0.15, 0.2) is 24.8 Å². The number of anilines is 1. The number of rotatable bonds is 5. The summed E-state index contributed by atoms with van der Waals surface area (Å²) in [5, 5.41) is 0. The third-order valence-electron chi connectivity index (χ3n) is 5.31. The Hall–Kier alpha value is -1.95. The predicted octanol–water partition coefficient (Wildman–Crippen LogP) is 2.42. The van der Waals surface area contributed by atoms with E-state index in [4.69, 9.17) is 0 Å². The summed E-state index contributed by atoms with van der Waals surface area (Å²) >= 11 is 0. The monoisotopic (exact) mass is 326 g/mol. The number of likely N-dealkylation sites (tertiary alicyclic amines) is 1. The summed E-state index contributed by atoms with van der Waals surface area (Å²) in [6.07, 6.45) is 10.7. The van der Waals surface area contributed by atoms with Crippen molar-refractivity contribution < 1.29 is 0 Å². The summed E-state index contributed by atoms with van der Waals surface area (Å²) in [4.78, 5) is 18.0. The molecule has 1 saturated heterocycles. The molecule has 1 aliphatic carbocycles. The van der Waals surface area contributed by atoms with Crippen LogP contribution in [0.3, 0.4) is 0 Å². The van der Waals surface area contributed by atoms with Crippen molar-refractivity contribution in [3.05, 3.63) is 36.3 Å². The van der Waals surface area contributed by atoms with Crippen molar-refractivity contribution in [2.75, 3.05) is 25.0 Å². The first kappa shape index (κ1) is 15.6. The van der Waals surface area contributed by atoms with Gasteiger partial charge in [0.25, 0.3) is 0 Å². The second-order valence-electron chi connectivity index (χ2n) is 7.12. The van der Waals surface area contributed by atoms with Crippen LogP contribution in [-0.2, 0) is 6.54 Å². The van der Waals surface area contributed by atoms with Crippen molar-refractivity contribution in [3.8, 4) is 0 Å². The van der Waals surface area contributed by atoms with Crippen LogP contribution in [0.25, 0.3) is 0 Å². The van der Waals surface area contributed by atoms with Crippen molar-refractivity contribution in [1.82, 2.24) is 24.4 Å². The van der Waals surface area contributed by atoms with Gasteiger partial charge < -0.3 is 9.47 Å². The first-order valence-corrected chi connectivity index (χ1v) is 8.96. The van der Waals surface area contributed by atoms with Gasteiger partial charge in [-0.1, -0.05) is 0 Å². The summed E-state index contributed by atoms with van der Waals surface area (Å²) in [5.41, 5.74) is 1.02. The zero-order chi connectivity index (χ0) is 16.5. The lowest BCUT2D eigenvalue weighted by molar-refractivity contribution is 0.196. The summed E-state index contributed by atoms with van der Waals surface area (Å²) in [5.74, 6) is 2.26. The molecule has 0 aromatic carbocycles. The maximum atomic E-state index is 4.58. The molecule has 4 rings (SSSR count). The van der Waals surface area contributed by atoms with E-state index in [1.807, 2.05) is 13.1 Å². The van der Waals surface area contributed by atoms with E-state index < -0.39 is 0 Å². The van der Waals surface area contributed by atoms with E-state index in [0.29, 0.717) is 12.1 Å². The molecule has 0 N–H and O–H groups in total. The Balaban J connectivity index is 1.34. The van der Waals surface area contributed by atoms with E-state index in [2.05, 4.69) is 48.6 Å². The maximum absolute atomic E-state index is 4.58. The van der Waals surface area contributed by atoms with E-state index in [1.165, 1.54) is 31.5 Å². The molecular weight excluding hydrogens is 300 g/mol. The zero-order valence-corrected chi connectivity index (χ0v) is 14.6. The van der Waals surface area contributed by atoms with E-state index in [-0.39, 0.29) is 0 Å². The molecule has 1 saturated carbocycles. The Morgan fingerprint density at radius 1 is 1.12 bits per heavy atom. The number of hydrogen-bond acceptors (Lipinski definition) is 5. The number of nitrogens with zero attached hydrogens (tertiary/aromatic N) is 6. The third-order valence-corrected chi connectivity index (χ3v) is 5.31. The highest BCUT2D eigenvalue weighted by Crippen LogP contribution is 2.35. The highest BCUT2D eigenvalue weighted by atomic mass is 15.2. The van der Waals surface area contributed by atoms with Gasteiger partial charge in [0.2, 0.25) is 0 Å². The lowest BCUT2D eigenvalue weighted by atomic mass is 10.0. The van der Waals surface area contributed by atoms with Gasteiger partial charge in [0, 0.05) is 56.4 Å². The van der Waals surface area contributed by atoms with Crippen LogP contribution in [0.1, 0.15) is 43.2 Å². The molecule has 2 aromatic heterocycles. The van der Waals surface area contributed by atoms with Gasteiger partial charge in [-0.2, -0.15) is 0 Å². The highest BCUT2D eigenvalue weighted by Gasteiger charge is 2.28. The molecule has 24 heavy (non-hydrogen) atoms. The molecule has 0 atom stereocenters. The van der Waals surface area contributed by atoms with Crippen LogP contribution in [0.5, 0.6) is 0 Å². The largest absolute Gasteiger partial charge is 0.356 e. The zero-order valence-electron chi connectivity index (χ0n) is 14.6. The van der Waals surface area contributed by atoms with Crippen LogP contribution < -0.4 is 4.90 Å². The normalized spacial score (nSPS) is 19.6. The van der Waals surface area contributed by atoms with Crippen molar-refractivity contribution in [3.63, 3.8) is 0 Å². The molecule has 6 heteroatoms. The van der Waals surface area contributed by atoms with Gasteiger partial charge in [-0.15, -0.1) is 0 Å². The molecule has 3 heterocycles. The Kier molecular flexibility index (Phi) is 4.22. The maximum Gasteiger partial charge on any atom is 0.132 e. The number of piperidine rings is 1. The van der Waals surface area contributed by atoms with Gasteiger partial charge in [-0.05, 0) is 32.6 Å². The summed E-state index contributed by atoms with van der Waals surface area (Å²) in [7, 11) is 2.15. The minimum absolute atomic E-state index is 0.554. The number of imidazole rings is 1. The van der Waals surface area contributed by atoms with E-state index >= 15 is 0 Å². The van der Waals surface area contributed by atoms with Crippen molar-refractivity contribution in [1.29, 1.82) is 0 Å². The van der Waals surface area contributed by atoms with Crippen LogP contribution in [-0.4, -0.2) is 50.6 Å². The topological polar surface area (TPSA) is 50.1 Å². The van der Waals surface area contributed by atoms with Gasteiger partial charge in [-0.25, -0.2) is 15.0 Å². The first-order chi connectivity index (χ1) is 11.7. The Morgan fingerprint density at radius 2 is 1.92 bits per heavy atom. The molecule has 0 spiro atoms. The minimum Gasteiger partial charge on any atom is -0.356 e. The van der Waals surface area contributed by atoms with Crippen molar-refractivity contribution in [2.24, 2.45) is 0 Å². The number of hydrogen-bond donors (Lipinski definition) is 0. The van der Waals surface area contributed by atoms with Crippen molar-refractivity contribution in [2.45, 2.75) is 51.2 Å². The second kappa shape index (κ2) is 6.51. The second-order valence-corrected chi connectivity index (χ2v) is 7.12. The van der Waals surface area contributed by atoms with E-state index in [9.17, 15) is 0 Å². The number of aromatic nitrogens is 4. The van der Waals surface area contributed by atoms with E-state index in [1.54, 1.807) is 6.33 Å². The standard InChI is InChI=1S/C18H26N6/c1-14-11-17(21-13-20-14)22(2)15-5-8-23(9-6-15)12-18-19-7-10-24(18)16-3-4-16/h7,10-11,13,15-16H,3-6,8-9,12H2,1-2H3. The lowest BCUT2D eigenvalue weighted by Crippen LogP contribution is -2.43. The SMILES string of the molecule is Cc1cc(N(C)C2CCN(Cc3nccn3C3CC3)CC2)ncn1. The molecule has 6 nitrogen and oxygen atoms in total. The molecule has 2 aromatic rings. The van der Waals surface area contributed by atoms with Crippen LogP contribution in [0.4, 0.5) is 5.82 Å². The Morgan fingerprint density at radius 3 is 2.62 bits per heavy atom. The predicted molar refractivity (Wildman–Crippen MR) is 94.0 cm³/mol. The summed E-state index contributed by atoms with van der Waals surface area (Å²) < 4.78 is 2.38. The van der Waals surface area contributed by atoms with Gasteiger partial charge in [0.1, 0.15) is 18.0 Å². The van der Waals surface area contributed by atoms with E-state index in [0.717, 1.165) is 31.1 Å². The first-order valence-electron chi connectivity index (χ1n) is 8.96. The summed E-state index contributed by atoms with van der Waals surface area (Å²) in [6.45, 7) is 5.24. The molecule has 128 valence electrons. The molecule has 2 aliphatic rings. The average Bonchev–Trinajstić information content (AvgIpc) is 3.34. The minimum atomic E-state index is 0.554. The highest BCUT2D eigenvalue weighted by molar-refractivity contribution is 5.39. The fourth-order valence-corrected chi connectivity index (χ4v) is 3.64. The fourth-order valence-electron chi connectivity index (χ4n) is 3.64. The Bertz CT molecular complexity index is 684. The van der Waals surface area contributed by atoms with Gasteiger partial charge in [-0.3, -0.25) is 4.90 Å². The molecule has 0 bridgehead atoms. The lowest BCUT2D eigenvalue weighted by Gasteiger charge is -2.37. The smallest absolute Gasteiger partial charge is 0.132 e. The van der Waals surface area contributed by atoms with Gasteiger partial charge >= 0.3 is 0 Å².